The van der Waals surface area contributed by atoms with Crippen LogP contribution in [0, 0.1) is 0 Å². The quantitative estimate of drug-likeness (QED) is 0.781. The summed E-state index contributed by atoms with van der Waals surface area (Å²) in [5.41, 5.74) is 1.80. The lowest BCUT2D eigenvalue weighted by Gasteiger charge is -2.07. The molecule has 0 aliphatic carbocycles. The van der Waals surface area contributed by atoms with Gasteiger partial charge in [0.15, 0.2) is 0 Å². The highest BCUT2D eigenvalue weighted by Crippen LogP contribution is 2.22. The van der Waals surface area contributed by atoms with Gasteiger partial charge >= 0.3 is 0 Å². The number of hydrogen-bond acceptors (Lipinski definition) is 5. The standard InChI is InChI=1S/C17H17N3O2S/c1-3-15-16(23-20-19-15)17(21)18-10-11-4-5-13-9-14(22-2)7-6-12(13)8-11/h4-9H,3,10H2,1-2H3,(H,18,21). The van der Waals surface area contributed by atoms with Crippen molar-refractivity contribution in [3.05, 3.63) is 52.5 Å². The first kappa shape index (κ1) is 15.4. The first-order valence-corrected chi connectivity index (χ1v) is 8.14. The molecule has 0 aliphatic rings. The average Bonchev–Trinajstić information content (AvgIpc) is 3.07. The highest BCUT2D eigenvalue weighted by Gasteiger charge is 2.14. The molecule has 3 aromatic rings. The van der Waals surface area contributed by atoms with Crippen molar-refractivity contribution in [1.29, 1.82) is 0 Å². The molecular formula is C17H17N3O2S. The second-order valence-electron chi connectivity index (χ2n) is 5.13. The van der Waals surface area contributed by atoms with Gasteiger partial charge in [-0.05, 0) is 52.5 Å². The lowest BCUT2D eigenvalue weighted by Crippen LogP contribution is -2.22. The molecule has 3 rings (SSSR count). The number of nitrogens with zero attached hydrogens (tertiary/aromatic N) is 2. The van der Waals surface area contributed by atoms with Crippen LogP contribution in [0.2, 0.25) is 0 Å². The van der Waals surface area contributed by atoms with E-state index in [0.717, 1.165) is 39.3 Å². The maximum absolute atomic E-state index is 12.2. The van der Waals surface area contributed by atoms with Gasteiger partial charge in [0, 0.05) is 6.54 Å². The zero-order valence-corrected chi connectivity index (χ0v) is 13.8. The minimum absolute atomic E-state index is 0.119. The molecule has 0 spiro atoms. The molecular weight excluding hydrogens is 310 g/mol. The Hall–Kier alpha value is -2.47. The minimum atomic E-state index is -0.119. The average molecular weight is 327 g/mol. The molecule has 5 nitrogen and oxygen atoms in total. The van der Waals surface area contributed by atoms with E-state index in [-0.39, 0.29) is 5.91 Å². The van der Waals surface area contributed by atoms with Crippen molar-refractivity contribution in [1.82, 2.24) is 14.9 Å². The first-order chi connectivity index (χ1) is 11.2. The number of benzene rings is 2. The van der Waals surface area contributed by atoms with Crippen LogP contribution in [-0.4, -0.2) is 22.6 Å². The topological polar surface area (TPSA) is 64.1 Å². The molecule has 1 N–H and O–H groups in total. The summed E-state index contributed by atoms with van der Waals surface area (Å²) >= 11 is 1.14. The van der Waals surface area contributed by atoms with E-state index in [9.17, 15) is 4.79 Å². The summed E-state index contributed by atoms with van der Waals surface area (Å²) in [6, 6.07) is 12.1. The number of rotatable bonds is 5. The Morgan fingerprint density at radius 2 is 2.00 bits per heavy atom. The zero-order valence-electron chi connectivity index (χ0n) is 13.0. The molecule has 0 saturated carbocycles. The third-order valence-electron chi connectivity index (χ3n) is 3.66. The number of hydrogen-bond donors (Lipinski definition) is 1. The van der Waals surface area contributed by atoms with Gasteiger partial charge in [0.2, 0.25) is 0 Å². The van der Waals surface area contributed by atoms with E-state index in [4.69, 9.17) is 4.74 Å². The molecule has 1 aromatic heterocycles. The smallest absolute Gasteiger partial charge is 0.265 e. The summed E-state index contributed by atoms with van der Waals surface area (Å²) in [6.07, 6.45) is 0.705. The molecule has 0 bridgehead atoms. The van der Waals surface area contributed by atoms with E-state index in [2.05, 4.69) is 21.0 Å². The zero-order chi connectivity index (χ0) is 16.2. The van der Waals surface area contributed by atoms with E-state index in [1.54, 1.807) is 7.11 Å². The van der Waals surface area contributed by atoms with Crippen LogP contribution in [0.3, 0.4) is 0 Å². The van der Waals surface area contributed by atoms with Crippen LogP contribution in [0.1, 0.15) is 27.9 Å². The SMILES string of the molecule is CCc1nnsc1C(=O)NCc1ccc2cc(OC)ccc2c1. The fourth-order valence-electron chi connectivity index (χ4n) is 2.39. The van der Waals surface area contributed by atoms with Gasteiger partial charge in [-0.25, -0.2) is 0 Å². The Bertz CT molecular complexity index is 845. The molecule has 1 amide bonds. The maximum Gasteiger partial charge on any atom is 0.265 e. The number of methoxy groups -OCH3 is 1. The van der Waals surface area contributed by atoms with Gasteiger partial charge in [-0.2, -0.15) is 0 Å². The molecule has 118 valence electrons. The van der Waals surface area contributed by atoms with Crippen LogP contribution >= 0.6 is 11.5 Å². The van der Waals surface area contributed by atoms with Gasteiger partial charge in [0.1, 0.15) is 10.6 Å². The Labute approximate surface area is 138 Å². The number of amides is 1. The summed E-state index contributed by atoms with van der Waals surface area (Å²) in [4.78, 5) is 12.8. The predicted molar refractivity (Wildman–Crippen MR) is 91.0 cm³/mol. The molecule has 0 saturated heterocycles. The van der Waals surface area contributed by atoms with Gasteiger partial charge < -0.3 is 10.1 Å². The van der Waals surface area contributed by atoms with E-state index >= 15 is 0 Å². The van der Waals surface area contributed by atoms with Crippen LogP contribution in [0.15, 0.2) is 36.4 Å². The molecule has 0 radical (unpaired) electrons. The molecule has 0 atom stereocenters. The Morgan fingerprint density at radius 3 is 2.78 bits per heavy atom. The second-order valence-corrected chi connectivity index (χ2v) is 5.89. The van der Waals surface area contributed by atoms with Gasteiger partial charge in [-0.1, -0.05) is 29.6 Å². The summed E-state index contributed by atoms with van der Waals surface area (Å²) in [5, 5.41) is 9.12. The largest absolute Gasteiger partial charge is 0.497 e. The van der Waals surface area contributed by atoms with Crippen LogP contribution in [0.5, 0.6) is 5.75 Å². The van der Waals surface area contributed by atoms with Gasteiger partial charge in [-0.3, -0.25) is 4.79 Å². The molecule has 0 aliphatic heterocycles. The second kappa shape index (κ2) is 6.75. The number of carbonyl (C=O) groups is 1. The number of ether oxygens (including phenoxy) is 1. The monoisotopic (exact) mass is 327 g/mol. The third kappa shape index (κ3) is 3.32. The van der Waals surface area contributed by atoms with Crippen molar-refractivity contribution in [3.63, 3.8) is 0 Å². The molecule has 0 fully saturated rings. The number of fused-ring (bicyclic) bond motifs is 1. The Kier molecular flexibility index (Phi) is 4.52. The van der Waals surface area contributed by atoms with E-state index in [1.807, 2.05) is 37.3 Å². The number of carbonyl (C=O) groups excluding carboxylic acids is 1. The first-order valence-electron chi connectivity index (χ1n) is 7.37. The summed E-state index contributed by atoms with van der Waals surface area (Å²) in [6.45, 7) is 2.44. The van der Waals surface area contributed by atoms with E-state index in [0.29, 0.717) is 17.8 Å². The molecule has 23 heavy (non-hydrogen) atoms. The van der Waals surface area contributed by atoms with E-state index in [1.165, 1.54) is 0 Å². The normalized spacial score (nSPS) is 10.7. The van der Waals surface area contributed by atoms with Gasteiger partial charge in [0.25, 0.3) is 5.91 Å². The summed E-state index contributed by atoms with van der Waals surface area (Å²) in [5.74, 6) is 0.718. The predicted octanol–water partition coefficient (Wildman–Crippen LogP) is 3.19. The molecule has 6 heteroatoms. The van der Waals surface area contributed by atoms with Crippen LogP contribution in [0.25, 0.3) is 10.8 Å². The Balaban J connectivity index is 1.73. The van der Waals surface area contributed by atoms with Crippen LogP contribution < -0.4 is 10.1 Å². The number of aryl methyl sites for hydroxylation is 1. The van der Waals surface area contributed by atoms with Crippen LogP contribution in [0.4, 0.5) is 0 Å². The molecule has 1 heterocycles. The van der Waals surface area contributed by atoms with E-state index < -0.39 is 0 Å². The Morgan fingerprint density at radius 1 is 1.22 bits per heavy atom. The third-order valence-corrected chi connectivity index (χ3v) is 4.43. The maximum atomic E-state index is 12.2. The van der Waals surface area contributed by atoms with Crippen molar-refractivity contribution in [3.8, 4) is 5.75 Å². The number of aromatic nitrogens is 2. The van der Waals surface area contributed by atoms with Crippen LogP contribution in [-0.2, 0) is 13.0 Å². The minimum Gasteiger partial charge on any atom is -0.497 e. The van der Waals surface area contributed by atoms with Crippen molar-refractivity contribution in [2.75, 3.05) is 7.11 Å². The van der Waals surface area contributed by atoms with Crippen molar-refractivity contribution in [2.45, 2.75) is 19.9 Å². The highest BCUT2D eigenvalue weighted by atomic mass is 32.1. The molecule has 0 unspecified atom stereocenters. The van der Waals surface area contributed by atoms with Gasteiger partial charge in [-0.15, -0.1) is 5.10 Å². The molecule has 2 aromatic carbocycles. The van der Waals surface area contributed by atoms with Crippen molar-refractivity contribution < 1.29 is 9.53 Å². The summed E-state index contributed by atoms with van der Waals surface area (Å²) in [7, 11) is 1.66. The fraction of sp³-hybridized carbons (Fsp3) is 0.235. The van der Waals surface area contributed by atoms with Crippen molar-refractivity contribution >= 4 is 28.2 Å². The lowest BCUT2D eigenvalue weighted by molar-refractivity contribution is 0.0954. The lowest BCUT2D eigenvalue weighted by atomic mass is 10.1. The highest BCUT2D eigenvalue weighted by molar-refractivity contribution is 7.08. The number of nitrogens with one attached hydrogen (secondary N) is 1. The fourth-order valence-corrected chi connectivity index (χ4v) is 3.05. The van der Waals surface area contributed by atoms with Crippen molar-refractivity contribution in [2.24, 2.45) is 0 Å². The summed E-state index contributed by atoms with van der Waals surface area (Å²) < 4.78 is 9.07. The van der Waals surface area contributed by atoms with Gasteiger partial charge in [0.05, 0.1) is 12.8 Å².